The van der Waals surface area contributed by atoms with E-state index in [-0.39, 0.29) is 84.1 Å². The fourth-order valence-corrected chi connectivity index (χ4v) is 15.2. The van der Waals surface area contributed by atoms with Gasteiger partial charge in [0, 0.05) is 174 Å². The molecule has 25 nitrogen and oxygen atoms in total. The zero-order valence-electron chi connectivity index (χ0n) is 99.6. The van der Waals surface area contributed by atoms with Gasteiger partial charge in [0.05, 0.1) is 128 Å². The summed E-state index contributed by atoms with van der Waals surface area (Å²) in [5.74, 6) is 12.0. The highest BCUT2D eigenvalue weighted by atomic mass is 16.7. The molecule has 3 unspecified atom stereocenters. The van der Waals surface area contributed by atoms with Gasteiger partial charge < -0.3 is 82.2 Å². The molecule has 2 amide bonds. The first-order valence-corrected chi connectivity index (χ1v) is 53.9. The number of ether oxygens (including phenoxy) is 12. The molecule has 0 radical (unpaired) electrons. The molecule has 0 saturated carbocycles. The van der Waals surface area contributed by atoms with Crippen molar-refractivity contribution in [2.45, 2.75) is 448 Å². The van der Waals surface area contributed by atoms with E-state index in [1.54, 1.807) is 0 Å². The van der Waals surface area contributed by atoms with Gasteiger partial charge in [-0.05, 0) is 335 Å². The number of piperazine rings is 3. The van der Waals surface area contributed by atoms with E-state index in [9.17, 15) is 9.59 Å². The van der Waals surface area contributed by atoms with Crippen LogP contribution < -0.4 is 10.6 Å². The number of carbonyl (C=O) groups is 2. The summed E-state index contributed by atoms with van der Waals surface area (Å²) in [6.45, 7) is 129. The molecule has 0 aromatic carbocycles. The van der Waals surface area contributed by atoms with Crippen LogP contribution in [0.15, 0.2) is 0 Å². The van der Waals surface area contributed by atoms with Crippen molar-refractivity contribution in [2.24, 2.45) is 22.2 Å². The molecule has 0 spiro atoms. The van der Waals surface area contributed by atoms with E-state index >= 15 is 0 Å². The molecule has 824 valence electrons. The summed E-state index contributed by atoms with van der Waals surface area (Å²) in [5, 5.41) is 6.08. The van der Waals surface area contributed by atoms with Crippen LogP contribution in [0, 0.1) is 45.8 Å². The number of rotatable bonds is 34. The lowest BCUT2D eigenvalue weighted by Crippen LogP contribution is -2.58. The van der Waals surface area contributed by atoms with Crippen LogP contribution in [0.25, 0.3) is 0 Å². The summed E-state index contributed by atoms with van der Waals surface area (Å²) in [5.41, 5.74) is 0.196. The first-order chi connectivity index (χ1) is 63.2. The average Bonchev–Trinajstić information content (AvgIpc) is 0.833. The van der Waals surface area contributed by atoms with Crippen molar-refractivity contribution in [2.75, 3.05) is 236 Å². The zero-order valence-corrected chi connectivity index (χ0v) is 99.6. The van der Waals surface area contributed by atoms with Crippen LogP contribution in [0.2, 0.25) is 0 Å². The van der Waals surface area contributed by atoms with Crippen LogP contribution in [0.3, 0.4) is 0 Å². The van der Waals surface area contributed by atoms with Gasteiger partial charge in [-0.2, -0.15) is 0 Å². The molecule has 0 aliphatic carbocycles. The van der Waals surface area contributed by atoms with Crippen molar-refractivity contribution in [3.8, 4) is 23.7 Å². The smallest absolute Gasteiger partial charge is 0.234 e. The molecule has 3 atom stereocenters. The first-order valence-electron chi connectivity index (χ1n) is 53.9. The third-order valence-corrected chi connectivity index (χ3v) is 23.1. The van der Waals surface area contributed by atoms with Gasteiger partial charge in [-0.15, -0.1) is 0 Å². The van der Waals surface area contributed by atoms with Crippen LogP contribution in [-0.2, 0) is 66.4 Å². The van der Waals surface area contributed by atoms with Crippen molar-refractivity contribution in [3.63, 3.8) is 0 Å². The molecular formula is C114H229N11O14. The minimum Gasteiger partial charge on any atom is -0.378 e. The summed E-state index contributed by atoms with van der Waals surface area (Å²) >= 11 is 0. The number of hydrogen-bond acceptors (Lipinski definition) is 23. The molecule has 6 heterocycles. The lowest BCUT2D eigenvalue weighted by Gasteiger charge is -2.46. The summed E-state index contributed by atoms with van der Waals surface area (Å²) in [7, 11) is 0. The lowest BCUT2D eigenvalue weighted by molar-refractivity contribution is -0.151. The molecule has 0 bridgehead atoms. The van der Waals surface area contributed by atoms with Gasteiger partial charge in [-0.3, -0.25) is 39.0 Å². The summed E-state index contributed by atoms with van der Waals surface area (Å²) in [4.78, 5) is 46.2. The maximum Gasteiger partial charge on any atom is 0.234 e. The molecular weight excluding hydrogens is 1750 g/mol. The fraction of sp³-hybridized carbons (Fsp3) is 0.947. The molecule has 2 N–H and O–H groups in total. The summed E-state index contributed by atoms with van der Waals surface area (Å²) in [6, 6.07) is 1.77. The van der Waals surface area contributed by atoms with Crippen molar-refractivity contribution < 1.29 is 66.4 Å². The van der Waals surface area contributed by atoms with Crippen LogP contribution in [-0.4, -0.2) is 384 Å². The van der Waals surface area contributed by atoms with Crippen LogP contribution in [0.5, 0.6) is 0 Å². The van der Waals surface area contributed by atoms with E-state index in [0.717, 1.165) is 235 Å². The Kier molecular flexibility index (Phi) is 63.9. The summed E-state index contributed by atoms with van der Waals surface area (Å²) < 4.78 is 68.9. The van der Waals surface area contributed by atoms with Crippen molar-refractivity contribution in [1.82, 2.24) is 54.7 Å². The average molecular weight is 1980 g/mol. The third kappa shape index (κ3) is 85.8. The molecule has 6 fully saturated rings. The quantitative estimate of drug-likeness (QED) is 0.0455. The number of piperidine rings is 3. The predicted molar refractivity (Wildman–Crippen MR) is 584 cm³/mol. The number of carbonyl (C=O) groups excluding carboxylic acids is 2. The second kappa shape index (κ2) is 65.2. The van der Waals surface area contributed by atoms with Gasteiger partial charge in [0.25, 0.3) is 0 Å². The third-order valence-electron chi connectivity index (χ3n) is 23.1. The Morgan fingerprint density at radius 2 is 0.597 bits per heavy atom. The van der Waals surface area contributed by atoms with E-state index in [1.807, 2.05) is 62.3 Å². The predicted octanol–water partition coefficient (Wildman–Crippen LogP) is 19.3. The normalized spacial score (nSPS) is 19.9. The SMILES string of the molecule is CC(C)(C)CNC(=O)CC1CCN(CCOC(C)(C)C)CC1.CC(C)(C)CNC(=O)CN1CCN(CCOC(C)(C)C)CC1.CC(C)(C)COC1CCN(CCOC(C)(C)C)CC1.CC(C)(C)OCC#CC#CCOC(C)(C)C.CC(C)(C)OCCN1CCC(OCOC(C)(C)C)CC1.CC1CN(C(C)(C)C)CCN1CCOC(C)(C)C.CC1CN(CCOC(C)(C)C)CC(C)N1CCOC(C)(C)C. The van der Waals surface area contributed by atoms with E-state index in [1.165, 1.54) is 13.1 Å². The lowest BCUT2D eigenvalue weighted by atomic mass is 9.92. The van der Waals surface area contributed by atoms with Crippen LogP contribution in [0.1, 0.15) is 357 Å². The number of nitrogens with one attached hydrogen (secondary N) is 2. The van der Waals surface area contributed by atoms with Gasteiger partial charge >= 0.3 is 0 Å². The molecule has 6 rings (SSSR count). The van der Waals surface area contributed by atoms with Crippen LogP contribution >= 0.6 is 0 Å². The Hall–Kier alpha value is -2.78. The molecule has 6 aliphatic rings. The largest absolute Gasteiger partial charge is 0.378 e. The molecule has 6 saturated heterocycles. The monoisotopic (exact) mass is 1980 g/mol. The van der Waals surface area contributed by atoms with Crippen LogP contribution in [0.4, 0.5) is 0 Å². The van der Waals surface area contributed by atoms with E-state index in [2.05, 4.69) is 328 Å². The van der Waals surface area contributed by atoms with Gasteiger partial charge in [-0.1, -0.05) is 74.2 Å². The van der Waals surface area contributed by atoms with Gasteiger partial charge in [0.1, 0.15) is 20.0 Å². The summed E-state index contributed by atoms with van der Waals surface area (Å²) in [6.07, 6.45) is 8.22. The number of amides is 2. The Balaban J connectivity index is 0.00000160. The number of nitrogens with zero attached hydrogens (tertiary/aromatic N) is 9. The van der Waals surface area contributed by atoms with Gasteiger partial charge in [-0.25, -0.2) is 0 Å². The first kappa shape index (κ1) is 136. The second-order valence-electron chi connectivity index (χ2n) is 54.1. The highest BCUT2D eigenvalue weighted by molar-refractivity contribution is 5.78. The Bertz CT molecular complexity index is 3120. The van der Waals surface area contributed by atoms with E-state index < -0.39 is 0 Å². The number of hydrogen-bond donors (Lipinski definition) is 2. The maximum atomic E-state index is 12.0. The zero-order chi connectivity index (χ0) is 107. The molecule has 25 heteroatoms. The molecule has 0 aromatic rings. The van der Waals surface area contributed by atoms with Gasteiger partial charge in [0.15, 0.2) is 0 Å². The molecule has 0 aromatic heterocycles. The molecule has 139 heavy (non-hydrogen) atoms. The topological polar surface area (TPSA) is 198 Å². The Morgan fingerprint density at radius 1 is 0.295 bits per heavy atom. The highest BCUT2D eigenvalue weighted by Crippen LogP contribution is 2.27. The van der Waals surface area contributed by atoms with Gasteiger partial charge in [0.2, 0.25) is 11.8 Å². The van der Waals surface area contributed by atoms with E-state index in [4.69, 9.17) is 56.8 Å². The van der Waals surface area contributed by atoms with E-state index in [0.29, 0.717) is 74.8 Å². The standard InChI is InChI=1S/C18H38N2O2.C18H36N2O2.C17H35N3O2.C16H33NO3.C16H33NO2.C15H32N2O.C14H22O2/c1-15-13-19(9-11-21-17(3,4)5)14-16(2)20(15)10-12-22-18(6,7)8;1-17(2,3)14-19-16(21)13-15-7-9-20(10-8-15)11-12-22-18(4,5)6;1-16(2,3)14-18-15(21)13-20-9-7-19(8-10-20)11-12-22-17(4,5)6;1-15(2,3)19-12-11-17-9-7-14(8-10-17)18-13-20-16(4,5)6;1-15(2,3)13-18-14-7-9-17(10-8-14)11-12-19-16(4,5)6;1-13-12-17(14(2,3)4)9-8-16(13)10-11-18-15(5,6)7;1-13(2,3)15-11-9-7-8-10-12-16-14(4,5)6/h15-16H,9-14H2,1-8H3;15H,7-14H2,1-6H3,(H,19,21);7-14H2,1-6H3,(H,18,21);14H,7-13H2,1-6H3;14H,7-13H2,1-6H3;13H,8-12H2,1-7H3;11-12H2,1-6H3. The van der Waals surface area contributed by atoms with Crippen molar-refractivity contribution in [1.29, 1.82) is 0 Å². The van der Waals surface area contributed by atoms with Crippen molar-refractivity contribution in [3.05, 3.63) is 0 Å². The van der Waals surface area contributed by atoms with Crippen molar-refractivity contribution >= 4 is 11.8 Å². The minimum absolute atomic E-state index is 0.0174. The minimum atomic E-state index is -0.141. The maximum absolute atomic E-state index is 12.0. The second-order valence-corrected chi connectivity index (χ2v) is 54.1. The Labute approximate surface area is 859 Å². The fourth-order valence-electron chi connectivity index (χ4n) is 15.2. The number of likely N-dealkylation sites (tertiary alicyclic amines) is 3. The Morgan fingerprint density at radius 3 is 0.921 bits per heavy atom. The highest BCUT2D eigenvalue weighted by Gasteiger charge is 2.34. The molecule has 6 aliphatic heterocycles.